The molecular formula is C16H17NO5. The van der Waals surface area contributed by atoms with Crippen LogP contribution >= 0.6 is 0 Å². The van der Waals surface area contributed by atoms with E-state index < -0.39 is 36.3 Å². The zero-order valence-corrected chi connectivity index (χ0v) is 12.3. The first-order valence-electron chi connectivity index (χ1n) is 7.35. The fraction of sp³-hybridized carbons (Fsp3) is 0.500. The maximum absolute atomic E-state index is 12.7. The number of rotatable bonds is 2. The molecule has 1 N–H and O–H groups in total. The molecule has 6 unspecified atom stereocenters. The van der Waals surface area contributed by atoms with Crippen molar-refractivity contribution in [3.8, 4) is 0 Å². The van der Waals surface area contributed by atoms with E-state index in [-0.39, 0.29) is 11.8 Å². The van der Waals surface area contributed by atoms with Gasteiger partial charge in [0.15, 0.2) is 0 Å². The van der Waals surface area contributed by atoms with E-state index in [1.165, 1.54) is 12.0 Å². The van der Waals surface area contributed by atoms with E-state index in [2.05, 4.69) is 0 Å². The van der Waals surface area contributed by atoms with Crippen molar-refractivity contribution >= 4 is 17.5 Å². The van der Waals surface area contributed by atoms with Crippen LogP contribution < -0.4 is 4.90 Å². The summed E-state index contributed by atoms with van der Waals surface area (Å²) in [5, 5.41) is 10.2. The molecule has 116 valence electrons. The quantitative estimate of drug-likeness (QED) is 0.793. The van der Waals surface area contributed by atoms with Gasteiger partial charge in [-0.15, -0.1) is 0 Å². The molecule has 0 saturated carbocycles. The number of benzene rings is 1. The molecule has 2 bridgehead atoms. The number of aliphatic hydroxyl groups is 1. The molecule has 6 heteroatoms. The Hall–Kier alpha value is -1.76. The molecule has 1 aromatic carbocycles. The molecule has 3 fully saturated rings. The minimum Gasteiger partial charge on any atom is -0.388 e. The van der Waals surface area contributed by atoms with Crippen molar-refractivity contribution in [2.24, 2.45) is 11.8 Å². The number of nitrogens with zero attached hydrogens (tertiary/aromatic N) is 1. The Bertz CT molecular complexity index is 642. The van der Waals surface area contributed by atoms with Gasteiger partial charge >= 0.3 is 0 Å². The van der Waals surface area contributed by atoms with Crippen LogP contribution in [-0.2, 0) is 19.1 Å². The number of methoxy groups -OCH3 is 1. The smallest absolute Gasteiger partial charge is 0.240 e. The lowest BCUT2D eigenvalue weighted by atomic mass is 9.78. The first-order valence-corrected chi connectivity index (χ1v) is 7.35. The fourth-order valence-corrected chi connectivity index (χ4v) is 3.93. The molecule has 6 nitrogen and oxygen atoms in total. The molecule has 0 radical (unpaired) electrons. The van der Waals surface area contributed by atoms with Gasteiger partial charge < -0.3 is 14.6 Å². The minimum absolute atomic E-state index is 0.264. The van der Waals surface area contributed by atoms with Crippen LogP contribution in [0.1, 0.15) is 5.56 Å². The number of carbonyl (C=O) groups excluding carboxylic acids is 2. The summed E-state index contributed by atoms with van der Waals surface area (Å²) in [6.45, 7) is 1.94. The number of imide groups is 1. The number of aliphatic hydroxyl groups excluding tert-OH is 1. The molecule has 3 aliphatic heterocycles. The zero-order valence-electron chi connectivity index (χ0n) is 12.3. The lowest BCUT2D eigenvalue weighted by Crippen LogP contribution is -2.48. The minimum atomic E-state index is -0.869. The SMILES string of the molecule is COC1C(O)C2OC1C1C(=O)N(c3ccc(C)cc3)C(=O)C21. The second kappa shape index (κ2) is 4.62. The van der Waals surface area contributed by atoms with Crippen molar-refractivity contribution in [1.82, 2.24) is 0 Å². The molecular weight excluding hydrogens is 286 g/mol. The van der Waals surface area contributed by atoms with Crippen LogP contribution in [0.2, 0.25) is 0 Å². The molecule has 3 heterocycles. The van der Waals surface area contributed by atoms with Crippen molar-refractivity contribution < 1.29 is 24.2 Å². The third-order valence-electron chi connectivity index (χ3n) is 4.98. The van der Waals surface area contributed by atoms with Gasteiger partial charge in [0.05, 0.1) is 29.7 Å². The van der Waals surface area contributed by atoms with Gasteiger partial charge in [0.2, 0.25) is 11.8 Å². The predicted octanol–water partition coefficient (Wildman–Crippen LogP) is 0.258. The Morgan fingerprint density at radius 3 is 2.27 bits per heavy atom. The fourth-order valence-electron chi connectivity index (χ4n) is 3.93. The van der Waals surface area contributed by atoms with E-state index >= 15 is 0 Å². The molecule has 0 aliphatic carbocycles. The molecule has 0 aromatic heterocycles. The topological polar surface area (TPSA) is 76.1 Å². The first kappa shape index (κ1) is 13.9. The van der Waals surface area contributed by atoms with Crippen molar-refractivity contribution in [2.75, 3.05) is 12.0 Å². The number of hydrogen-bond donors (Lipinski definition) is 1. The molecule has 3 aliphatic rings. The highest BCUT2D eigenvalue weighted by Gasteiger charge is 2.69. The summed E-state index contributed by atoms with van der Waals surface area (Å²) in [7, 11) is 1.48. The predicted molar refractivity (Wildman–Crippen MR) is 76.1 cm³/mol. The van der Waals surface area contributed by atoms with Crippen molar-refractivity contribution in [2.45, 2.75) is 31.3 Å². The van der Waals surface area contributed by atoms with Crippen LogP contribution in [0, 0.1) is 18.8 Å². The lowest BCUT2D eigenvalue weighted by molar-refractivity contribution is -0.125. The highest BCUT2D eigenvalue weighted by molar-refractivity contribution is 6.22. The van der Waals surface area contributed by atoms with Crippen LogP contribution in [0.5, 0.6) is 0 Å². The highest BCUT2D eigenvalue weighted by atomic mass is 16.6. The summed E-state index contributed by atoms with van der Waals surface area (Å²) < 4.78 is 10.9. The maximum atomic E-state index is 12.7. The summed E-state index contributed by atoms with van der Waals surface area (Å²) >= 11 is 0. The summed E-state index contributed by atoms with van der Waals surface area (Å²) in [6, 6.07) is 7.25. The number of anilines is 1. The van der Waals surface area contributed by atoms with Crippen LogP contribution in [0.4, 0.5) is 5.69 Å². The third kappa shape index (κ3) is 1.60. The van der Waals surface area contributed by atoms with Crippen molar-refractivity contribution in [3.63, 3.8) is 0 Å². The monoisotopic (exact) mass is 303 g/mol. The van der Waals surface area contributed by atoms with Gasteiger partial charge in [-0.25, -0.2) is 4.90 Å². The summed E-state index contributed by atoms with van der Waals surface area (Å²) in [4.78, 5) is 26.6. The summed E-state index contributed by atoms with van der Waals surface area (Å²) in [5.74, 6) is -1.73. The van der Waals surface area contributed by atoms with Gasteiger partial charge in [-0.3, -0.25) is 9.59 Å². The van der Waals surface area contributed by atoms with Gasteiger partial charge in [0, 0.05) is 7.11 Å². The van der Waals surface area contributed by atoms with Gasteiger partial charge in [0.25, 0.3) is 0 Å². The first-order chi connectivity index (χ1) is 10.5. The normalized spacial score (nSPS) is 39.7. The van der Waals surface area contributed by atoms with E-state index in [0.717, 1.165) is 5.56 Å². The van der Waals surface area contributed by atoms with Gasteiger partial charge in [-0.05, 0) is 19.1 Å². The third-order valence-corrected chi connectivity index (χ3v) is 4.98. The van der Waals surface area contributed by atoms with Crippen LogP contribution in [-0.4, -0.2) is 48.4 Å². The van der Waals surface area contributed by atoms with Gasteiger partial charge in [-0.1, -0.05) is 17.7 Å². The Balaban J connectivity index is 1.71. The summed E-state index contributed by atoms with van der Waals surface area (Å²) in [5.41, 5.74) is 1.62. The highest BCUT2D eigenvalue weighted by Crippen LogP contribution is 2.50. The largest absolute Gasteiger partial charge is 0.388 e. The maximum Gasteiger partial charge on any atom is 0.240 e. The molecule has 3 saturated heterocycles. The molecule has 2 amide bonds. The Labute approximate surface area is 127 Å². The van der Waals surface area contributed by atoms with E-state index in [9.17, 15) is 14.7 Å². The molecule has 6 atom stereocenters. The number of carbonyl (C=O) groups is 2. The van der Waals surface area contributed by atoms with Crippen LogP contribution in [0.25, 0.3) is 0 Å². The molecule has 22 heavy (non-hydrogen) atoms. The van der Waals surface area contributed by atoms with E-state index in [1.807, 2.05) is 19.1 Å². The Morgan fingerprint density at radius 1 is 1.09 bits per heavy atom. The second-order valence-electron chi connectivity index (χ2n) is 6.16. The van der Waals surface area contributed by atoms with Crippen molar-refractivity contribution in [1.29, 1.82) is 0 Å². The van der Waals surface area contributed by atoms with Crippen LogP contribution in [0.3, 0.4) is 0 Å². The number of fused-ring (bicyclic) bond motifs is 5. The number of ether oxygens (including phenoxy) is 2. The van der Waals surface area contributed by atoms with Crippen molar-refractivity contribution in [3.05, 3.63) is 29.8 Å². The van der Waals surface area contributed by atoms with E-state index in [4.69, 9.17) is 9.47 Å². The van der Waals surface area contributed by atoms with E-state index in [1.54, 1.807) is 12.1 Å². The lowest BCUT2D eigenvalue weighted by Gasteiger charge is -2.27. The average Bonchev–Trinajstić information content (AvgIpc) is 3.11. The van der Waals surface area contributed by atoms with Crippen LogP contribution in [0.15, 0.2) is 24.3 Å². The summed E-state index contributed by atoms with van der Waals surface area (Å²) in [6.07, 6.45) is -2.64. The Morgan fingerprint density at radius 2 is 1.68 bits per heavy atom. The second-order valence-corrected chi connectivity index (χ2v) is 6.16. The number of amides is 2. The van der Waals surface area contributed by atoms with Gasteiger partial charge in [0.1, 0.15) is 12.2 Å². The molecule has 0 spiro atoms. The number of hydrogen-bond acceptors (Lipinski definition) is 5. The molecule has 4 rings (SSSR count). The Kier molecular flexibility index (Phi) is 2.91. The average molecular weight is 303 g/mol. The molecule has 1 aromatic rings. The zero-order chi connectivity index (χ0) is 15.6. The van der Waals surface area contributed by atoms with E-state index in [0.29, 0.717) is 5.69 Å². The number of aryl methyl sites for hydroxylation is 1. The standard InChI is InChI=1S/C16H17NO5/c1-7-3-5-8(6-4-7)17-15(19)9-10(16(17)20)13-14(21-2)11(18)12(9)22-13/h3-6,9-14,18H,1-2H3. The van der Waals surface area contributed by atoms with Gasteiger partial charge in [-0.2, -0.15) is 0 Å².